The summed E-state index contributed by atoms with van der Waals surface area (Å²) < 4.78 is 25.1. The fourth-order valence-corrected chi connectivity index (χ4v) is 5.31. The zero-order chi connectivity index (χ0) is 48.0. The van der Waals surface area contributed by atoms with Gasteiger partial charge in [0.1, 0.15) is 5.15 Å². The molecule has 0 atom stereocenters. The van der Waals surface area contributed by atoms with Crippen molar-refractivity contribution >= 4 is 78.5 Å². The number of carboxylic acid groups (broad SMARTS) is 1. The molecule has 5 heterocycles. The summed E-state index contributed by atoms with van der Waals surface area (Å²) in [6.45, 7) is 19.5. The van der Waals surface area contributed by atoms with Crippen LogP contribution in [0.5, 0.6) is 0 Å². The third-order valence-electron chi connectivity index (χ3n) is 8.85. The second-order valence-electron chi connectivity index (χ2n) is 13.8. The van der Waals surface area contributed by atoms with Gasteiger partial charge >= 0.3 is 49.9 Å². The van der Waals surface area contributed by atoms with E-state index < -0.39 is 11.9 Å². The summed E-state index contributed by atoms with van der Waals surface area (Å²) in [4.78, 5) is 59.9. The zero-order valence-electron chi connectivity index (χ0n) is 39.9. The van der Waals surface area contributed by atoms with E-state index in [2.05, 4.69) is 104 Å². The Morgan fingerprint density at radius 1 is 0.691 bits per heavy atom. The van der Waals surface area contributed by atoms with Crippen LogP contribution in [0.4, 0.5) is 0 Å². The summed E-state index contributed by atoms with van der Waals surface area (Å²) in [7, 11) is 3.91. The van der Waals surface area contributed by atoms with Crippen LogP contribution in [0.25, 0.3) is 0 Å². The smallest absolute Gasteiger partial charge is 0.870 e. The Morgan fingerprint density at radius 2 is 1.03 bits per heavy atom. The average Bonchev–Trinajstić information content (AvgIpc) is 3.49. The van der Waals surface area contributed by atoms with Crippen molar-refractivity contribution in [2.24, 2.45) is 0 Å². The minimum Gasteiger partial charge on any atom is -0.870 e. The van der Waals surface area contributed by atoms with E-state index in [0.29, 0.717) is 34.5 Å². The third-order valence-corrected chi connectivity index (χ3v) is 9.15. The molecule has 0 unspecified atom stereocenters. The number of nitrogens with zero attached hydrogens (tertiary/aromatic N) is 4. The predicted octanol–water partition coefficient (Wildman–Crippen LogP) is 5.68. The molecule has 0 radical (unpaired) electrons. The van der Waals surface area contributed by atoms with Crippen LogP contribution in [-0.2, 0) is 65.2 Å². The minimum absolute atomic E-state index is 0. The fourth-order valence-electron chi connectivity index (χ4n) is 5.12. The number of aryl methyl sites for hydroxylation is 2. The van der Waals surface area contributed by atoms with Crippen molar-refractivity contribution < 1.29 is 77.6 Å². The summed E-state index contributed by atoms with van der Waals surface area (Å²) >= 11 is 12.9. The van der Waals surface area contributed by atoms with Crippen LogP contribution < -0.4 is 18.9 Å². The monoisotopic (exact) mass is 1020 g/mol. The van der Waals surface area contributed by atoms with Crippen LogP contribution >= 0.6 is 25.1 Å². The number of allylic oxidation sites excluding steroid dienone is 2. The fraction of sp³-hybridized carbons (Fsp3) is 0.391. The van der Waals surface area contributed by atoms with Crippen LogP contribution in [-0.4, -0.2) is 99.5 Å². The number of carboxylic acids is 1. The molecule has 0 saturated carbocycles. The van der Waals surface area contributed by atoms with Crippen LogP contribution in [0.15, 0.2) is 98.6 Å². The Balaban J connectivity index is -0.000000172. The Morgan fingerprint density at radius 3 is 1.38 bits per heavy atom. The maximum absolute atomic E-state index is 11.2. The number of aromatic carboxylic acids is 1. The van der Waals surface area contributed by atoms with Crippen LogP contribution in [0.3, 0.4) is 0 Å². The van der Waals surface area contributed by atoms with Gasteiger partial charge in [-0.3, -0.25) is 15.0 Å². The first-order valence-electron chi connectivity index (χ1n) is 19.6. The van der Waals surface area contributed by atoms with Gasteiger partial charge in [-0.15, -0.1) is 13.2 Å². The summed E-state index contributed by atoms with van der Waals surface area (Å²) in [5.74, 6) is -2.03. The molecule has 4 aromatic heterocycles. The molecule has 1 aliphatic heterocycles. The molecule has 0 bridgehead atoms. The van der Waals surface area contributed by atoms with E-state index in [1.54, 1.807) is 73.2 Å². The van der Waals surface area contributed by atoms with Gasteiger partial charge in [0.25, 0.3) is 0 Å². The molecule has 0 amide bonds. The SMILES string of the molecule is C.C=CCB1OC(C)(C)C(C)(C)O1.C=CCc1ncccc1C(=O)OC.CCCc1ncccc1C(=O)O.CCCc1ncccc1C(=O)OC.COC(=O)c1cccnc1Cl.O.S.S=S.[Li+].[OH-]. The van der Waals surface area contributed by atoms with E-state index in [1.165, 1.54) is 27.5 Å². The number of carbonyl (C=O) groups is 4. The average molecular weight is 1020 g/mol. The quantitative estimate of drug-likeness (QED) is 0.0589. The number of carbonyl (C=O) groups excluding carboxylic acids is 3. The molecule has 1 fully saturated rings. The molecule has 0 spiro atoms. The largest absolute Gasteiger partial charge is 1.00 e. The topological polar surface area (TPSA) is 248 Å². The summed E-state index contributed by atoms with van der Waals surface area (Å²) in [6, 6.07) is 13.3. The third kappa shape index (κ3) is 26.3. The Kier molecular flexibility index (Phi) is 45.8. The molecule has 5 rings (SSSR count). The molecule has 68 heavy (non-hydrogen) atoms. The van der Waals surface area contributed by atoms with Gasteiger partial charge in [0.05, 0.1) is 71.9 Å². The van der Waals surface area contributed by atoms with E-state index >= 15 is 0 Å². The molecule has 372 valence electrons. The molecule has 1 saturated heterocycles. The molecular weight excluding hydrogens is 950 g/mol. The van der Waals surface area contributed by atoms with Gasteiger partial charge in [-0.2, -0.15) is 13.5 Å². The Bertz CT molecular complexity index is 2060. The predicted molar refractivity (Wildman–Crippen MR) is 273 cm³/mol. The summed E-state index contributed by atoms with van der Waals surface area (Å²) in [5, 5.41) is 8.92. The molecule has 0 aromatic carbocycles. The number of esters is 3. The first kappa shape index (κ1) is 75.1. The van der Waals surface area contributed by atoms with Crippen molar-refractivity contribution in [2.45, 2.75) is 98.6 Å². The normalized spacial score (nSPS) is 11.5. The van der Waals surface area contributed by atoms with Gasteiger partial charge in [0, 0.05) is 59.9 Å². The van der Waals surface area contributed by atoms with E-state index in [0.717, 1.165) is 37.7 Å². The first-order valence-corrected chi connectivity index (χ1v) is 21.3. The maximum Gasteiger partial charge on any atom is 1.00 e. The standard InChI is InChI=1S/C10H13NO2.C10H11NO2.C9H17BO2.C9H11NO2.C7H6ClNO2.CH4.Li.2H2O.S2.H2S/c2*1-3-5-9-8(10(12)13-2)6-4-7-11-9;1-6-7-10-11-8(2,3)9(4,5)12-10;1-2-4-8-7(9(11)12)5-3-6-10-8;1-11-7(10)5-3-2-4-9-6(5)8;;;;;1-2;/h4,6-7H,3,5H2,1-2H3;3-4,6-7H,1,5H2,2H3;6H,1,7H2,2-5H3;3,5-6H,2,4H2,1H3,(H,11,12);2-4H,1H3;1H4;;2*1H2;;1H2/q;;;;;;+1;;;;/p-1. The maximum atomic E-state index is 11.2. The van der Waals surface area contributed by atoms with Crippen LogP contribution in [0.2, 0.25) is 11.5 Å². The van der Waals surface area contributed by atoms with Gasteiger partial charge in [-0.05, 0) is 89.1 Å². The number of hydrogen-bond donors (Lipinski definition) is 1. The Labute approximate surface area is 436 Å². The van der Waals surface area contributed by atoms with Crippen molar-refractivity contribution in [3.63, 3.8) is 0 Å². The van der Waals surface area contributed by atoms with Crippen molar-refractivity contribution in [2.75, 3.05) is 21.3 Å². The van der Waals surface area contributed by atoms with Gasteiger partial charge in [0.15, 0.2) is 0 Å². The zero-order valence-corrected chi connectivity index (χ0v) is 43.3. The summed E-state index contributed by atoms with van der Waals surface area (Å²) in [5.41, 5.74) is 3.46. The second-order valence-corrected chi connectivity index (χ2v) is 14.2. The molecule has 0 aliphatic carbocycles. The van der Waals surface area contributed by atoms with Gasteiger partial charge in [-0.25, -0.2) is 24.2 Å². The van der Waals surface area contributed by atoms with E-state index in [4.69, 9.17) is 26.0 Å². The molecule has 16 nitrogen and oxygen atoms in total. The van der Waals surface area contributed by atoms with Gasteiger partial charge < -0.3 is 39.6 Å². The van der Waals surface area contributed by atoms with Crippen molar-refractivity contribution in [3.8, 4) is 0 Å². The number of halogens is 1. The first-order chi connectivity index (χ1) is 30.0. The van der Waals surface area contributed by atoms with Crippen LogP contribution in [0, 0.1) is 0 Å². The summed E-state index contributed by atoms with van der Waals surface area (Å²) in [6.07, 6.45) is 14.7. The number of ether oxygens (including phenoxy) is 3. The number of rotatable bonds is 12. The van der Waals surface area contributed by atoms with Crippen molar-refractivity contribution in [1.82, 2.24) is 19.9 Å². The van der Waals surface area contributed by atoms with Crippen molar-refractivity contribution in [1.29, 1.82) is 0 Å². The number of pyridine rings is 4. The molecule has 22 heteroatoms. The van der Waals surface area contributed by atoms with Gasteiger partial charge in [0.2, 0.25) is 0 Å². The van der Waals surface area contributed by atoms with E-state index in [9.17, 15) is 19.2 Å². The molecule has 1 aliphatic rings. The second kappa shape index (κ2) is 41.5. The van der Waals surface area contributed by atoms with Gasteiger partial charge in [-0.1, -0.05) is 57.9 Å². The number of methoxy groups -OCH3 is 3. The molecule has 4 N–H and O–H groups in total. The molecule has 4 aromatic rings. The Hall–Kier alpha value is -4.46. The van der Waals surface area contributed by atoms with Crippen LogP contribution in [0.1, 0.15) is 120 Å². The minimum atomic E-state index is -0.897. The molecular formula is C46H67BClLiN4O12S3. The number of aromatic nitrogens is 4. The van der Waals surface area contributed by atoms with Crippen molar-refractivity contribution in [3.05, 3.63) is 143 Å². The van der Waals surface area contributed by atoms with E-state index in [-0.39, 0.29) is 91.7 Å². The van der Waals surface area contributed by atoms with E-state index in [1.807, 2.05) is 13.0 Å². The number of hydrogen-bond acceptors (Lipinski definition) is 16.